The topological polar surface area (TPSA) is 108 Å². The van der Waals surface area contributed by atoms with Gasteiger partial charge in [-0.05, 0) is 29.9 Å². The van der Waals surface area contributed by atoms with Gasteiger partial charge in [-0.1, -0.05) is 6.07 Å². The van der Waals surface area contributed by atoms with E-state index in [4.69, 9.17) is 5.11 Å². The normalized spacial score (nSPS) is 10.1. The molecule has 2 heterocycles. The molecule has 0 radical (unpaired) electrons. The van der Waals surface area contributed by atoms with E-state index in [1.807, 2.05) is 0 Å². The van der Waals surface area contributed by atoms with Crippen molar-refractivity contribution < 1.29 is 19.5 Å². The van der Waals surface area contributed by atoms with E-state index in [0.29, 0.717) is 10.6 Å². The zero-order valence-corrected chi connectivity index (χ0v) is 12.5. The maximum Gasteiger partial charge on any atom is 0.340 e. The second-order valence-electron chi connectivity index (χ2n) is 3.99. The fraction of sp³-hybridized carbons (Fsp3) is 0.167. The predicted molar refractivity (Wildman–Crippen MR) is 79.1 cm³/mol. The zero-order chi connectivity index (χ0) is 15.4. The van der Waals surface area contributed by atoms with Gasteiger partial charge in [-0.2, -0.15) is 4.37 Å². The number of carboxylic acids is 1. The standard InChI is InChI=1S/C12H11N3O4S2/c1-6-9(12(18)19)11(21-15-6)14-8(16)5-13-10(17)7-3-2-4-20-7/h2-4H,5H2,1H3,(H,13,17)(H,14,16)(H,18,19). The van der Waals surface area contributed by atoms with E-state index in [-0.39, 0.29) is 23.0 Å². The molecule has 2 aromatic heterocycles. The molecule has 0 aromatic carbocycles. The first-order valence-electron chi connectivity index (χ1n) is 5.80. The molecule has 0 bridgehead atoms. The first-order chi connectivity index (χ1) is 9.99. The number of carbonyl (C=O) groups is 3. The van der Waals surface area contributed by atoms with Crippen molar-refractivity contribution in [2.24, 2.45) is 0 Å². The predicted octanol–water partition coefficient (Wildman–Crippen LogP) is 1.58. The number of nitrogens with one attached hydrogen (secondary N) is 2. The highest BCUT2D eigenvalue weighted by atomic mass is 32.1. The summed E-state index contributed by atoms with van der Waals surface area (Å²) < 4.78 is 3.89. The minimum absolute atomic E-state index is 0.0297. The number of anilines is 1. The summed E-state index contributed by atoms with van der Waals surface area (Å²) in [6.07, 6.45) is 0. The molecule has 2 amide bonds. The highest BCUT2D eigenvalue weighted by Gasteiger charge is 2.19. The molecule has 2 aromatic rings. The number of aromatic nitrogens is 1. The molecule has 0 saturated heterocycles. The third-order valence-electron chi connectivity index (χ3n) is 2.48. The molecule has 110 valence electrons. The van der Waals surface area contributed by atoms with E-state index in [1.54, 1.807) is 24.4 Å². The minimum Gasteiger partial charge on any atom is -0.478 e. The average molecular weight is 325 g/mol. The minimum atomic E-state index is -1.15. The Morgan fingerprint density at radius 2 is 2.14 bits per heavy atom. The van der Waals surface area contributed by atoms with Crippen LogP contribution in [0.15, 0.2) is 17.5 Å². The highest BCUT2D eigenvalue weighted by Crippen LogP contribution is 2.24. The van der Waals surface area contributed by atoms with Crippen LogP contribution in [0.2, 0.25) is 0 Å². The third-order valence-corrected chi connectivity index (χ3v) is 4.21. The van der Waals surface area contributed by atoms with Crippen molar-refractivity contribution in [3.05, 3.63) is 33.6 Å². The van der Waals surface area contributed by atoms with Crippen LogP contribution in [0.25, 0.3) is 0 Å². The summed E-state index contributed by atoms with van der Waals surface area (Å²) in [7, 11) is 0. The van der Waals surface area contributed by atoms with E-state index in [9.17, 15) is 14.4 Å². The van der Waals surface area contributed by atoms with Gasteiger partial charge in [0, 0.05) is 0 Å². The number of carbonyl (C=O) groups excluding carboxylic acids is 2. The second-order valence-corrected chi connectivity index (χ2v) is 5.71. The molecule has 2 rings (SSSR count). The average Bonchev–Trinajstić information content (AvgIpc) is 3.06. The summed E-state index contributed by atoms with van der Waals surface area (Å²) in [5, 5.41) is 15.9. The van der Waals surface area contributed by atoms with Crippen LogP contribution < -0.4 is 10.6 Å². The molecule has 7 nitrogen and oxygen atoms in total. The maximum atomic E-state index is 11.7. The van der Waals surface area contributed by atoms with Crippen LogP contribution in [0, 0.1) is 6.92 Å². The van der Waals surface area contributed by atoms with Crippen LogP contribution in [-0.2, 0) is 4.79 Å². The lowest BCUT2D eigenvalue weighted by atomic mass is 10.2. The molecule has 0 atom stereocenters. The Morgan fingerprint density at radius 3 is 2.76 bits per heavy atom. The number of aromatic carboxylic acids is 1. The summed E-state index contributed by atoms with van der Waals surface area (Å²) in [5.41, 5.74) is 0.309. The second kappa shape index (κ2) is 6.46. The Bertz CT molecular complexity index is 679. The van der Waals surface area contributed by atoms with Crippen molar-refractivity contribution in [3.8, 4) is 0 Å². The van der Waals surface area contributed by atoms with Gasteiger partial charge in [0.1, 0.15) is 10.6 Å². The molecule has 0 saturated carbocycles. The number of thiophene rings is 1. The van der Waals surface area contributed by atoms with Crippen LogP contribution in [-0.4, -0.2) is 33.8 Å². The molecule has 0 fully saturated rings. The first kappa shape index (κ1) is 15.1. The molecular weight excluding hydrogens is 314 g/mol. The van der Waals surface area contributed by atoms with E-state index in [0.717, 1.165) is 11.5 Å². The first-order valence-corrected chi connectivity index (χ1v) is 7.45. The smallest absolute Gasteiger partial charge is 0.340 e. The number of nitrogens with zero attached hydrogens (tertiary/aromatic N) is 1. The molecule has 0 aliphatic carbocycles. The fourth-order valence-corrected chi connectivity index (χ4v) is 2.98. The number of carboxylic acid groups (broad SMARTS) is 1. The van der Waals surface area contributed by atoms with Gasteiger partial charge >= 0.3 is 5.97 Å². The molecular formula is C12H11N3O4S2. The van der Waals surface area contributed by atoms with Crippen LogP contribution in [0.3, 0.4) is 0 Å². The summed E-state index contributed by atoms with van der Waals surface area (Å²) in [5.74, 6) is -2.01. The number of amides is 2. The third kappa shape index (κ3) is 3.64. The quantitative estimate of drug-likeness (QED) is 0.773. The molecule has 21 heavy (non-hydrogen) atoms. The lowest BCUT2D eigenvalue weighted by molar-refractivity contribution is -0.115. The molecule has 0 unspecified atom stereocenters. The Balaban J connectivity index is 1.94. The van der Waals surface area contributed by atoms with Gasteiger partial charge in [0.05, 0.1) is 17.1 Å². The molecule has 3 N–H and O–H groups in total. The van der Waals surface area contributed by atoms with Crippen molar-refractivity contribution >= 4 is 45.7 Å². The summed E-state index contributed by atoms with van der Waals surface area (Å²) in [4.78, 5) is 34.9. The van der Waals surface area contributed by atoms with Crippen molar-refractivity contribution in [3.63, 3.8) is 0 Å². The van der Waals surface area contributed by atoms with Crippen molar-refractivity contribution in [1.82, 2.24) is 9.69 Å². The van der Waals surface area contributed by atoms with Gasteiger partial charge < -0.3 is 15.7 Å². The number of hydrogen-bond acceptors (Lipinski definition) is 6. The SMILES string of the molecule is Cc1nsc(NC(=O)CNC(=O)c2cccs2)c1C(=O)O. The molecule has 0 spiro atoms. The van der Waals surface area contributed by atoms with Gasteiger partial charge in [-0.3, -0.25) is 9.59 Å². The van der Waals surface area contributed by atoms with Crippen LogP contribution >= 0.6 is 22.9 Å². The van der Waals surface area contributed by atoms with Gasteiger partial charge in [0.15, 0.2) is 0 Å². The highest BCUT2D eigenvalue weighted by molar-refractivity contribution is 7.12. The monoisotopic (exact) mass is 325 g/mol. The van der Waals surface area contributed by atoms with Crippen LogP contribution in [0.5, 0.6) is 0 Å². The van der Waals surface area contributed by atoms with Gasteiger partial charge in [0.2, 0.25) is 5.91 Å². The summed E-state index contributed by atoms with van der Waals surface area (Å²) in [6, 6.07) is 3.38. The molecule has 9 heteroatoms. The largest absolute Gasteiger partial charge is 0.478 e. The molecule has 0 aliphatic rings. The van der Waals surface area contributed by atoms with E-state index in [1.165, 1.54) is 11.3 Å². The molecule has 0 aliphatic heterocycles. The summed E-state index contributed by atoms with van der Waals surface area (Å²) in [6.45, 7) is 1.31. The van der Waals surface area contributed by atoms with Crippen LogP contribution in [0.1, 0.15) is 25.7 Å². The van der Waals surface area contributed by atoms with Crippen molar-refractivity contribution in [2.75, 3.05) is 11.9 Å². The van der Waals surface area contributed by atoms with E-state index < -0.39 is 11.9 Å². The number of rotatable bonds is 5. The van der Waals surface area contributed by atoms with E-state index in [2.05, 4.69) is 15.0 Å². The lowest BCUT2D eigenvalue weighted by Crippen LogP contribution is -2.32. The maximum absolute atomic E-state index is 11.7. The zero-order valence-electron chi connectivity index (χ0n) is 10.9. The van der Waals surface area contributed by atoms with Crippen LogP contribution in [0.4, 0.5) is 5.00 Å². The number of aryl methyl sites for hydroxylation is 1. The fourth-order valence-electron chi connectivity index (χ4n) is 1.53. The van der Waals surface area contributed by atoms with Crippen molar-refractivity contribution in [1.29, 1.82) is 0 Å². The Hall–Kier alpha value is -2.26. The van der Waals surface area contributed by atoms with Crippen molar-refractivity contribution in [2.45, 2.75) is 6.92 Å². The van der Waals surface area contributed by atoms with Gasteiger partial charge in [-0.25, -0.2) is 4.79 Å². The Kier molecular flexibility index (Phi) is 4.66. The number of hydrogen-bond donors (Lipinski definition) is 3. The van der Waals surface area contributed by atoms with E-state index >= 15 is 0 Å². The van der Waals surface area contributed by atoms with Gasteiger partial charge in [0.25, 0.3) is 5.91 Å². The Morgan fingerprint density at radius 1 is 1.38 bits per heavy atom. The summed E-state index contributed by atoms with van der Waals surface area (Å²) >= 11 is 2.16. The van der Waals surface area contributed by atoms with Gasteiger partial charge in [-0.15, -0.1) is 11.3 Å². The Labute approximate surface area is 127 Å². The lowest BCUT2D eigenvalue weighted by Gasteiger charge is -2.05.